The molecule has 0 fully saturated rings. The molecule has 11 heavy (non-hydrogen) atoms. The molecule has 58 valence electrons. The average Bonchev–Trinajstić information content (AvgIpc) is 2.58. The summed E-state index contributed by atoms with van der Waals surface area (Å²) in [6, 6.07) is 2.02. The summed E-state index contributed by atoms with van der Waals surface area (Å²) in [4.78, 5) is 0. The average molecular weight is 149 g/mol. The lowest BCUT2D eigenvalue weighted by Crippen LogP contribution is -2.24. The molecule has 0 aromatic carbocycles. The highest BCUT2D eigenvalue weighted by Crippen LogP contribution is 2.14. The minimum Gasteiger partial charge on any atom is -0.312 e. The summed E-state index contributed by atoms with van der Waals surface area (Å²) in [6.07, 6.45) is 6.15. The molecule has 1 unspecified atom stereocenters. The molecule has 0 saturated heterocycles. The molecular formula is C8H11N3. The van der Waals surface area contributed by atoms with Crippen molar-refractivity contribution in [2.75, 3.05) is 13.1 Å². The zero-order chi connectivity index (χ0) is 7.52. The van der Waals surface area contributed by atoms with E-state index in [2.05, 4.69) is 27.7 Å². The molecule has 1 aromatic rings. The number of nitrogens with one attached hydrogen (secondary N) is 2. The van der Waals surface area contributed by atoms with Crippen LogP contribution in [-0.2, 0) is 0 Å². The smallest absolute Gasteiger partial charge is 0.0490 e. The summed E-state index contributed by atoms with van der Waals surface area (Å²) >= 11 is 0. The largest absolute Gasteiger partial charge is 0.312 e. The second kappa shape index (κ2) is 2.88. The summed E-state index contributed by atoms with van der Waals surface area (Å²) in [5.41, 5.74) is 1.19. The van der Waals surface area contributed by atoms with Gasteiger partial charge in [-0.05, 0) is 6.07 Å². The van der Waals surface area contributed by atoms with E-state index in [0.29, 0.717) is 5.92 Å². The Kier molecular flexibility index (Phi) is 1.73. The molecule has 1 aliphatic heterocycles. The van der Waals surface area contributed by atoms with E-state index in [4.69, 9.17) is 0 Å². The fraction of sp³-hybridized carbons (Fsp3) is 0.375. The first-order chi connectivity index (χ1) is 5.47. The lowest BCUT2D eigenvalue weighted by atomic mass is 10.0. The minimum absolute atomic E-state index is 0.478. The van der Waals surface area contributed by atoms with Gasteiger partial charge in [-0.1, -0.05) is 12.2 Å². The van der Waals surface area contributed by atoms with Gasteiger partial charge in [0.15, 0.2) is 0 Å². The molecule has 2 N–H and O–H groups in total. The van der Waals surface area contributed by atoms with Crippen molar-refractivity contribution in [1.29, 1.82) is 0 Å². The van der Waals surface area contributed by atoms with Gasteiger partial charge in [-0.3, -0.25) is 5.10 Å². The van der Waals surface area contributed by atoms with Crippen molar-refractivity contribution in [3.8, 4) is 0 Å². The van der Waals surface area contributed by atoms with Gasteiger partial charge in [0.2, 0.25) is 0 Å². The molecule has 0 amide bonds. The van der Waals surface area contributed by atoms with E-state index in [1.165, 1.54) is 5.69 Å². The van der Waals surface area contributed by atoms with E-state index in [0.717, 1.165) is 13.1 Å². The van der Waals surface area contributed by atoms with Gasteiger partial charge in [0.1, 0.15) is 0 Å². The molecule has 1 aliphatic rings. The van der Waals surface area contributed by atoms with Crippen LogP contribution in [0.15, 0.2) is 24.4 Å². The molecular weight excluding hydrogens is 138 g/mol. The maximum atomic E-state index is 3.91. The first-order valence-electron chi connectivity index (χ1n) is 3.83. The van der Waals surface area contributed by atoms with Crippen molar-refractivity contribution in [3.63, 3.8) is 0 Å². The van der Waals surface area contributed by atoms with Gasteiger partial charge in [0.25, 0.3) is 0 Å². The number of nitrogens with zero attached hydrogens (tertiary/aromatic N) is 1. The zero-order valence-electron chi connectivity index (χ0n) is 6.25. The number of aromatic nitrogens is 2. The summed E-state index contributed by atoms with van der Waals surface area (Å²) in [6.45, 7) is 2.00. The number of rotatable bonds is 1. The van der Waals surface area contributed by atoms with Gasteiger partial charge in [-0.15, -0.1) is 0 Å². The van der Waals surface area contributed by atoms with Crippen LogP contribution < -0.4 is 5.32 Å². The predicted molar refractivity (Wildman–Crippen MR) is 43.3 cm³/mol. The van der Waals surface area contributed by atoms with Crippen LogP contribution in [0, 0.1) is 0 Å². The van der Waals surface area contributed by atoms with E-state index in [-0.39, 0.29) is 0 Å². The number of hydrogen-bond acceptors (Lipinski definition) is 2. The Labute approximate surface area is 65.5 Å². The predicted octanol–water partition coefficient (Wildman–Crippen LogP) is 0.653. The molecule has 0 radical (unpaired) electrons. The van der Waals surface area contributed by atoms with Crippen molar-refractivity contribution in [2.24, 2.45) is 0 Å². The Morgan fingerprint density at radius 2 is 2.55 bits per heavy atom. The molecule has 2 heterocycles. The molecule has 1 aromatic heterocycles. The third kappa shape index (κ3) is 1.33. The van der Waals surface area contributed by atoms with E-state index >= 15 is 0 Å². The van der Waals surface area contributed by atoms with Crippen molar-refractivity contribution in [1.82, 2.24) is 15.5 Å². The Bertz CT molecular complexity index is 238. The number of hydrogen-bond donors (Lipinski definition) is 2. The van der Waals surface area contributed by atoms with Crippen LogP contribution in [0.25, 0.3) is 0 Å². The molecule has 0 bridgehead atoms. The van der Waals surface area contributed by atoms with Crippen LogP contribution in [-0.4, -0.2) is 23.3 Å². The highest BCUT2D eigenvalue weighted by molar-refractivity contribution is 5.16. The van der Waals surface area contributed by atoms with E-state index < -0.39 is 0 Å². The maximum absolute atomic E-state index is 3.91. The van der Waals surface area contributed by atoms with Crippen LogP contribution in [0.5, 0.6) is 0 Å². The maximum Gasteiger partial charge on any atom is 0.0490 e. The van der Waals surface area contributed by atoms with Gasteiger partial charge in [0, 0.05) is 30.9 Å². The van der Waals surface area contributed by atoms with Crippen molar-refractivity contribution < 1.29 is 0 Å². The highest BCUT2D eigenvalue weighted by atomic mass is 15.1. The van der Waals surface area contributed by atoms with Crippen molar-refractivity contribution in [3.05, 3.63) is 30.1 Å². The standard InChI is InChI=1S/C8H11N3/c1-2-7(6-9-4-1)8-3-5-10-11-8/h1-3,5,7,9H,4,6H2,(H,10,11). The van der Waals surface area contributed by atoms with Crippen LogP contribution >= 0.6 is 0 Å². The molecule has 0 saturated carbocycles. The summed E-state index contributed by atoms with van der Waals surface area (Å²) < 4.78 is 0. The van der Waals surface area contributed by atoms with Gasteiger partial charge in [0.05, 0.1) is 0 Å². The Balaban J connectivity index is 2.16. The van der Waals surface area contributed by atoms with E-state index in [9.17, 15) is 0 Å². The molecule has 1 atom stereocenters. The van der Waals surface area contributed by atoms with E-state index in [1.54, 1.807) is 6.20 Å². The van der Waals surface area contributed by atoms with Crippen LogP contribution in [0.3, 0.4) is 0 Å². The molecule has 0 spiro atoms. The quantitative estimate of drug-likeness (QED) is 0.576. The minimum atomic E-state index is 0.478. The Morgan fingerprint density at radius 1 is 1.55 bits per heavy atom. The SMILES string of the molecule is C1=CC(c2ccn[nH]2)CNC1. The van der Waals surface area contributed by atoms with Crippen LogP contribution in [0.4, 0.5) is 0 Å². The van der Waals surface area contributed by atoms with Crippen LogP contribution in [0.2, 0.25) is 0 Å². The fourth-order valence-corrected chi connectivity index (χ4v) is 1.31. The zero-order valence-corrected chi connectivity index (χ0v) is 6.25. The second-order valence-electron chi connectivity index (χ2n) is 2.70. The van der Waals surface area contributed by atoms with Crippen molar-refractivity contribution in [2.45, 2.75) is 5.92 Å². The third-order valence-corrected chi connectivity index (χ3v) is 1.92. The highest BCUT2D eigenvalue weighted by Gasteiger charge is 2.10. The van der Waals surface area contributed by atoms with Gasteiger partial charge >= 0.3 is 0 Å². The first kappa shape index (κ1) is 6.61. The molecule has 3 nitrogen and oxygen atoms in total. The van der Waals surface area contributed by atoms with Gasteiger partial charge in [-0.2, -0.15) is 5.10 Å². The number of H-pyrrole nitrogens is 1. The summed E-state index contributed by atoms with van der Waals surface area (Å²) in [7, 11) is 0. The monoisotopic (exact) mass is 149 g/mol. The van der Waals surface area contributed by atoms with Gasteiger partial charge in [-0.25, -0.2) is 0 Å². The lowest BCUT2D eigenvalue weighted by Gasteiger charge is -2.15. The topological polar surface area (TPSA) is 40.7 Å². The summed E-state index contributed by atoms with van der Waals surface area (Å²) in [5.74, 6) is 0.478. The van der Waals surface area contributed by atoms with Crippen LogP contribution in [0.1, 0.15) is 11.6 Å². The Morgan fingerprint density at radius 3 is 3.18 bits per heavy atom. The fourth-order valence-electron chi connectivity index (χ4n) is 1.31. The van der Waals surface area contributed by atoms with Gasteiger partial charge < -0.3 is 5.32 Å². The third-order valence-electron chi connectivity index (χ3n) is 1.92. The van der Waals surface area contributed by atoms with Crippen molar-refractivity contribution >= 4 is 0 Å². The first-order valence-corrected chi connectivity index (χ1v) is 3.83. The van der Waals surface area contributed by atoms with E-state index in [1.807, 2.05) is 6.07 Å². The lowest BCUT2D eigenvalue weighted by molar-refractivity contribution is 0.649. The Hall–Kier alpha value is -1.09. The normalized spacial score (nSPS) is 23.8. The molecule has 3 heteroatoms. The molecule has 0 aliphatic carbocycles. The summed E-state index contributed by atoms with van der Waals surface area (Å²) in [5, 5.41) is 10.2. The second-order valence-corrected chi connectivity index (χ2v) is 2.70. The number of aromatic amines is 1. The molecule has 2 rings (SSSR count).